The topological polar surface area (TPSA) is 25.8 Å². The minimum atomic E-state index is 0.654. The van der Waals surface area contributed by atoms with Gasteiger partial charge >= 0.3 is 0 Å². The van der Waals surface area contributed by atoms with E-state index in [-0.39, 0.29) is 0 Å². The van der Waals surface area contributed by atoms with Crippen molar-refractivity contribution in [3.05, 3.63) is 57.1 Å². The summed E-state index contributed by atoms with van der Waals surface area (Å²) < 4.78 is 0. The molecule has 0 fully saturated rings. The Kier molecular flexibility index (Phi) is 3.28. The molecule has 0 saturated carbocycles. The van der Waals surface area contributed by atoms with Crippen molar-refractivity contribution in [3.63, 3.8) is 0 Å². The highest BCUT2D eigenvalue weighted by Crippen LogP contribution is 2.26. The summed E-state index contributed by atoms with van der Waals surface area (Å²) in [7, 11) is 0. The zero-order valence-electron chi connectivity index (χ0n) is 11.3. The molecular formula is C16H17ClN2. The summed E-state index contributed by atoms with van der Waals surface area (Å²) in [4.78, 5) is 9.11. The van der Waals surface area contributed by atoms with Crippen LogP contribution in [0.1, 0.15) is 40.2 Å². The summed E-state index contributed by atoms with van der Waals surface area (Å²) in [5.74, 6) is 0.842. The molecule has 1 aromatic carbocycles. The third-order valence-electron chi connectivity index (χ3n) is 3.86. The number of benzene rings is 1. The van der Waals surface area contributed by atoms with E-state index in [0.717, 1.165) is 42.8 Å². The van der Waals surface area contributed by atoms with E-state index in [1.165, 1.54) is 16.7 Å². The summed E-state index contributed by atoms with van der Waals surface area (Å²) in [5, 5.41) is 0.654. The lowest BCUT2D eigenvalue weighted by atomic mass is 10.0. The van der Waals surface area contributed by atoms with Crippen LogP contribution in [0.15, 0.2) is 18.2 Å². The van der Waals surface area contributed by atoms with Gasteiger partial charge in [0.15, 0.2) is 0 Å². The van der Waals surface area contributed by atoms with Crippen LogP contribution < -0.4 is 0 Å². The van der Waals surface area contributed by atoms with E-state index in [9.17, 15) is 0 Å². The summed E-state index contributed by atoms with van der Waals surface area (Å²) in [6.45, 7) is 4.26. The van der Waals surface area contributed by atoms with Gasteiger partial charge in [0.05, 0.1) is 0 Å². The Morgan fingerprint density at radius 1 is 1.11 bits per heavy atom. The molecular weight excluding hydrogens is 256 g/mol. The molecule has 0 aliphatic heterocycles. The van der Waals surface area contributed by atoms with Crippen molar-refractivity contribution in [2.24, 2.45) is 0 Å². The van der Waals surface area contributed by atoms with Crippen molar-refractivity contribution in [1.29, 1.82) is 0 Å². The first-order chi connectivity index (χ1) is 9.13. The quantitative estimate of drug-likeness (QED) is 0.777. The van der Waals surface area contributed by atoms with E-state index in [1.54, 1.807) is 0 Å². The van der Waals surface area contributed by atoms with Crippen molar-refractivity contribution < 1.29 is 0 Å². The lowest BCUT2D eigenvalue weighted by molar-refractivity contribution is 0.885. The zero-order chi connectivity index (χ0) is 13.4. The van der Waals surface area contributed by atoms with Crippen LogP contribution in [0, 0.1) is 13.8 Å². The molecule has 3 rings (SSSR count). The molecule has 0 saturated heterocycles. The standard InChI is InChI=1S/C16H17ClN2/c1-10-6-7-12(8-11(10)2)9-15-18-14-5-3-4-13(14)16(17)19-15/h6-8H,3-5,9H2,1-2H3. The van der Waals surface area contributed by atoms with Crippen molar-refractivity contribution in [3.8, 4) is 0 Å². The van der Waals surface area contributed by atoms with Gasteiger partial charge in [0.25, 0.3) is 0 Å². The molecule has 1 aliphatic rings. The van der Waals surface area contributed by atoms with Crippen LogP contribution >= 0.6 is 11.6 Å². The van der Waals surface area contributed by atoms with Crippen LogP contribution in [0.25, 0.3) is 0 Å². The monoisotopic (exact) mass is 272 g/mol. The molecule has 19 heavy (non-hydrogen) atoms. The summed E-state index contributed by atoms with van der Waals surface area (Å²) in [5.41, 5.74) is 6.18. The Morgan fingerprint density at radius 3 is 2.74 bits per heavy atom. The number of aryl methyl sites for hydroxylation is 3. The first-order valence-electron chi connectivity index (χ1n) is 6.74. The smallest absolute Gasteiger partial charge is 0.136 e. The van der Waals surface area contributed by atoms with E-state index >= 15 is 0 Å². The van der Waals surface area contributed by atoms with Crippen molar-refractivity contribution in [2.45, 2.75) is 39.5 Å². The van der Waals surface area contributed by atoms with Gasteiger partial charge in [-0.15, -0.1) is 0 Å². The van der Waals surface area contributed by atoms with Crippen molar-refractivity contribution >= 4 is 11.6 Å². The first-order valence-corrected chi connectivity index (χ1v) is 7.11. The Hall–Kier alpha value is -1.41. The summed E-state index contributed by atoms with van der Waals surface area (Å²) in [6, 6.07) is 6.51. The van der Waals surface area contributed by atoms with Gasteiger partial charge in [-0.05, 0) is 49.8 Å². The highest BCUT2D eigenvalue weighted by molar-refractivity contribution is 6.30. The molecule has 0 atom stereocenters. The van der Waals surface area contributed by atoms with Gasteiger partial charge in [-0.25, -0.2) is 9.97 Å². The Labute approximate surface area is 118 Å². The molecule has 1 heterocycles. The van der Waals surface area contributed by atoms with Crippen molar-refractivity contribution in [1.82, 2.24) is 9.97 Å². The molecule has 1 aromatic heterocycles. The van der Waals surface area contributed by atoms with Crippen LogP contribution in [0.4, 0.5) is 0 Å². The SMILES string of the molecule is Cc1ccc(Cc2nc(Cl)c3c(n2)CCC3)cc1C. The second kappa shape index (κ2) is 4.93. The molecule has 98 valence electrons. The molecule has 0 bridgehead atoms. The summed E-state index contributed by atoms with van der Waals surface area (Å²) >= 11 is 6.25. The minimum Gasteiger partial charge on any atom is -0.237 e. The number of hydrogen-bond donors (Lipinski definition) is 0. The highest BCUT2D eigenvalue weighted by atomic mass is 35.5. The number of hydrogen-bond acceptors (Lipinski definition) is 2. The number of halogens is 1. The fourth-order valence-electron chi connectivity index (χ4n) is 2.61. The molecule has 2 aromatic rings. The number of fused-ring (bicyclic) bond motifs is 1. The van der Waals surface area contributed by atoms with Crippen LogP contribution in [0.2, 0.25) is 5.15 Å². The van der Waals surface area contributed by atoms with Gasteiger partial charge in [-0.3, -0.25) is 0 Å². The largest absolute Gasteiger partial charge is 0.237 e. The van der Waals surface area contributed by atoms with Gasteiger partial charge in [0.2, 0.25) is 0 Å². The molecule has 0 spiro atoms. The van der Waals surface area contributed by atoms with Gasteiger partial charge in [0, 0.05) is 17.7 Å². The van der Waals surface area contributed by atoms with E-state index < -0.39 is 0 Å². The maximum absolute atomic E-state index is 6.25. The maximum atomic E-state index is 6.25. The van der Waals surface area contributed by atoms with Gasteiger partial charge < -0.3 is 0 Å². The lowest BCUT2D eigenvalue weighted by Gasteiger charge is -2.07. The van der Waals surface area contributed by atoms with Crippen LogP contribution in [0.3, 0.4) is 0 Å². The highest BCUT2D eigenvalue weighted by Gasteiger charge is 2.18. The third-order valence-corrected chi connectivity index (χ3v) is 4.18. The number of rotatable bonds is 2. The molecule has 2 nitrogen and oxygen atoms in total. The molecule has 3 heteroatoms. The fourth-order valence-corrected chi connectivity index (χ4v) is 2.91. The zero-order valence-corrected chi connectivity index (χ0v) is 12.1. The number of nitrogens with zero attached hydrogens (tertiary/aromatic N) is 2. The molecule has 1 aliphatic carbocycles. The van der Waals surface area contributed by atoms with Crippen LogP contribution in [-0.4, -0.2) is 9.97 Å². The predicted molar refractivity (Wildman–Crippen MR) is 77.8 cm³/mol. The Morgan fingerprint density at radius 2 is 1.95 bits per heavy atom. The van der Waals surface area contributed by atoms with Crippen LogP contribution in [0.5, 0.6) is 0 Å². The number of aromatic nitrogens is 2. The van der Waals surface area contributed by atoms with E-state index in [0.29, 0.717) is 5.15 Å². The molecule has 0 radical (unpaired) electrons. The summed E-state index contributed by atoms with van der Waals surface area (Å²) in [6.07, 6.45) is 3.97. The predicted octanol–water partition coefficient (Wildman–Crippen LogP) is 3.83. The van der Waals surface area contributed by atoms with Crippen LogP contribution in [-0.2, 0) is 19.3 Å². The Balaban J connectivity index is 1.91. The maximum Gasteiger partial charge on any atom is 0.136 e. The molecule has 0 unspecified atom stereocenters. The fraction of sp³-hybridized carbons (Fsp3) is 0.375. The normalized spacial score (nSPS) is 13.6. The van der Waals surface area contributed by atoms with E-state index in [1.807, 2.05) is 0 Å². The average molecular weight is 273 g/mol. The second-order valence-corrected chi connectivity index (χ2v) is 5.66. The lowest BCUT2D eigenvalue weighted by Crippen LogP contribution is -2.02. The van der Waals surface area contributed by atoms with Gasteiger partial charge in [-0.2, -0.15) is 0 Å². The van der Waals surface area contributed by atoms with E-state index in [4.69, 9.17) is 11.6 Å². The van der Waals surface area contributed by atoms with Crippen molar-refractivity contribution in [2.75, 3.05) is 0 Å². The second-order valence-electron chi connectivity index (χ2n) is 5.30. The Bertz CT molecular complexity index is 635. The van der Waals surface area contributed by atoms with E-state index in [2.05, 4.69) is 42.0 Å². The average Bonchev–Trinajstić information content (AvgIpc) is 2.82. The molecule has 0 N–H and O–H groups in total. The third kappa shape index (κ3) is 2.50. The molecule has 0 amide bonds. The minimum absolute atomic E-state index is 0.654. The van der Waals surface area contributed by atoms with Gasteiger partial charge in [-0.1, -0.05) is 29.8 Å². The van der Waals surface area contributed by atoms with Gasteiger partial charge in [0.1, 0.15) is 11.0 Å². The first kappa shape index (κ1) is 12.6.